The van der Waals surface area contributed by atoms with Crippen molar-refractivity contribution in [3.63, 3.8) is 0 Å². The van der Waals surface area contributed by atoms with Crippen molar-refractivity contribution in [3.05, 3.63) is 50.2 Å². The van der Waals surface area contributed by atoms with Crippen LogP contribution in [-0.2, 0) is 38.3 Å². The molecule has 2 aromatic heterocycles. The van der Waals surface area contributed by atoms with Crippen molar-refractivity contribution in [2.45, 2.75) is 51.7 Å². The summed E-state index contributed by atoms with van der Waals surface area (Å²) in [6.45, 7) is 6.72. The molecule has 0 radical (unpaired) electrons. The Labute approximate surface area is 185 Å². The summed E-state index contributed by atoms with van der Waals surface area (Å²) in [6, 6.07) is 6.07. The topological polar surface area (TPSA) is 90.9 Å². The number of aromatic nitrogens is 4. The molecule has 0 aliphatic carbocycles. The van der Waals surface area contributed by atoms with Crippen LogP contribution in [0.25, 0.3) is 11.2 Å². The normalized spacial score (nSPS) is 11.3. The molecule has 31 heavy (non-hydrogen) atoms. The molecule has 1 aromatic carbocycles. The lowest BCUT2D eigenvalue weighted by Gasteiger charge is -2.14. The number of carbonyl (C=O) groups excluding carboxylic acids is 1. The molecular formula is C22H29N5O3S. The van der Waals surface area contributed by atoms with Crippen LogP contribution in [0, 0.1) is 0 Å². The maximum Gasteiger partial charge on any atom is 0.332 e. The molecule has 0 spiro atoms. The predicted molar refractivity (Wildman–Crippen MR) is 125 cm³/mol. The standard InChI is InChI=1S/C22H29N5O3S/c1-6-12-27-18-19(25(4)22(30)26(5)20(18)29)24-21(27)31-13-16(28)23-17-14(7-2)10-9-11-15(17)8-3/h9-11H,6-8,12-13H2,1-5H3,(H,23,28). The van der Waals surface area contributed by atoms with Gasteiger partial charge in [-0.2, -0.15) is 0 Å². The minimum atomic E-state index is -0.420. The van der Waals surface area contributed by atoms with E-state index < -0.39 is 5.69 Å². The molecule has 3 rings (SSSR count). The second kappa shape index (κ2) is 9.55. The quantitative estimate of drug-likeness (QED) is 0.541. The number of rotatable bonds is 8. The summed E-state index contributed by atoms with van der Waals surface area (Å²) in [7, 11) is 3.06. The van der Waals surface area contributed by atoms with Crippen LogP contribution >= 0.6 is 11.8 Å². The molecular weight excluding hydrogens is 414 g/mol. The fourth-order valence-corrected chi connectivity index (χ4v) is 4.50. The van der Waals surface area contributed by atoms with Crippen molar-refractivity contribution in [2.75, 3.05) is 11.1 Å². The number of hydrogen-bond acceptors (Lipinski definition) is 5. The average Bonchev–Trinajstić information content (AvgIpc) is 3.13. The zero-order valence-electron chi connectivity index (χ0n) is 18.7. The van der Waals surface area contributed by atoms with Crippen LogP contribution in [-0.4, -0.2) is 30.3 Å². The van der Waals surface area contributed by atoms with Gasteiger partial charge in [-0.25, -0.2) is 9.78 Å². The summed E-state index contributed by atoms with van der Waals surface area (Å²) in [5, 5.41) is 3.62. The highest BCUT2D eigenvalue weighted by atomic mass is 32.2. The number of fused-ring (bicyclic) bond motifs is 1. The number of hydrogen-bond donors (Lipinski definition) is 1. The number of para-hydroxylation sites is 1. The molecule has 1 amide bonds. The van der Waals surface area contributed by atoms with Crippen LogP contribution in [0.5, 0.6) is 0 Å². The van der Waals surface area contributed by atoms with Crippen molar-refractivity contribution in [1.82, 2.24) is 18.7 Å². The van der Waals surface area contributed by atoms with Crippen LogP contribution in [0.3, 0.4) is 0 Å². The number of anilines is 1. The fraction of sp³-hybridized carbons (Fsp3) is 0.455. The average molecular weight is 444 g/mol. The number of nitrogens with zero attached hydrogens (tertiary/aromatic N) is 4. The Bertz CT molecular complexity index is 1220. The first-order valence-corrected chi connectivity index (χ1v) is 11.5. The van der Waals surface area contributed by atoms with Gasteiger partial charge in [-0.05, 0) is 30.4 Å². The Balaban J connectivity index is 1.91. The Morgan fingerprint density at radius 1 is 1.06 bits per heavy atom. The lowest BCUT2D eigenvalue weighted by atomic mass is 10.0. The molecule has 0 aliphatic heterocycles. The first-order chi connectivity index (χ1) is 14.8. The van der Waals surface area contributed by atoms with Gasteiger partial charge < -0.3 is 9.88 Å². The van der Waals surface area contributed by atoms with Gasteiger partial charge in [-0.1, -0.05) is 50.7 Å². The van der Waals surface area contributed by atoms with Crippen LogP contribution in [0.4, 0.5) is 5.69 Å². The van der Waals surface area contributed by atoms with Gasteiger partial charge in [0.2, 0.25) is 5.91 Å². The number of thioether (sulfide) groups is 1. The van der Waals surface area contributed by atoms with Gasteiger partial charge in [0.05, 0.1) is 5.75 Å². The van der Waals surface area contributed by atoms with E-state index in [0.29, 0.717) is 22.9 Å². The molecule has 0 unspecified atom stereocenters. The second-order valence-corrected chi connectivity index (χ2v) is 8.36. The van der Waals surface area contributed by atoms with Crippen molar-refractivity contribution in [1.29, 1.82) is 0 Å². The van der Waals surface area contributed by atoms with E-state index in [9.17, 15) is 14.4 Å². The monoisotopic (exact) mass is 443 g/mol. The first kappa shape index (κ1) is 22.9. The molecule has 2 heterocycles. The Hall–Kier alpha value is -2.81. The van der Waals surface area contributed by atoms with Crippen LogP contribution in [0.1, 0.15) is 38.3 Å². The van der Waals surface area contributed by atoms with Crippen molar-refractivity contribution < 1.29 is 4.79 Å². The van der Waals surface area contributed by atoms with E-state index in [1.165, 1.54) is 23.4 Å². The molecule has 0 bridgehead atoms. The first-order valence-electron chi connectivity index (χ1n) is 10.5. The Morgan fingerprint density at radius 2 is 1.71 bits per heavy atom. The van der Waals surface area contributed by atoms with Gasteiger partial charge in [0.1, 0.15) is 0 Å². The Kier molecular flexibility index (Phi) is 7.04. The molecule has 0 saturated carbocycles. The van der Waals surface area contributed by atoms with Gasteiger partial charge in [0, 0.05) is 26.3 Å². The van der Waals surface area contributed by atoms with E-state index in [1.807, 2.05) is 29.7 Å². The zero-order valence-corrected chi connectivity index (χ0v) is 19.5. The van der Waals surface area contributed by atoms with E-state index in [2.05, 4.69) is 24.1 Å². The predicted octanol–water partition coefficient (Wildman–Crippen LogP) is 2.70. The number of imidazole rings is 1. The molecule has 0 atom stereocenters. The third-order valence-corrected chi connectivity index (χ3v) is 6.33. The molecule has 0 fully saturated rings. The number of amides is 1. The zero-order chi connectivity index (χ0) is 22.7. The highest BCUT2D eigenvalue weighted by Crippen LogP contribution is 2.25. The van der Waals surface area contributed by atoms with Gasteiger partial charge >= 0.3 is 5.69 Å². The smallest absolute Gasteiger partial charge is 0.325 e. The minimum Gasteiger partial charge on any atom is -0.325 e. The van der Waals surface area contributed by atoms with E-state index in [-0.39, 0.29) is 17.2 Å². The summed E-state index contributed by atoms with van der Waals surface area (Å²) < 4.78 is 4.27. The summed E-state index contributed by atoms with van der Waals surface area (Å²) in [4.78, 5) is 42.3. The molecule has 1 N–H and O–H groups in total. The SMILES string of the molecule is CCCn1c(SCC(=O)Nc2c(CC)cccc2CC)nc2c1c(=O)n(C)c(=O)n2C. The third kappa shape index (κ3) is 4.32. The summed E-state index contributed by atoms with van der Waals surface area (Å²) >= 11 is 1.27. The van der Waals surface area contributed by atoms with Crippen LogP contribution in [0.15, 0.2) is 32.9 Å². The molecule has 9 heteroatoms. The molecule has 8 nitrogen and oxygen atoms in total. The Morgan fingerprint density at radius 3 is 2.29 bits per heavy atom. The van der Waals surface area contributed by atoms with Gasteiger partial charge in [0.25, 0.3) is 5.56 Å². The summed E-state index contributed by atoms with van der Waals surface area (Å²) in [6.07, 6.45) is 2.46. The van der Waals surface area contributed by atoms with E-state index in [4.69, 9.17) is 0 Å². The lowest BCUT2D eigenvalue weighted by Crippen LogP contribution is -2.37. The van der Waals surface area contributed by atoms with Crippen LogP contribution in [0.2, 0.25) is 0 Å². The van der Waals surface area contributed by atoms with Crippen molar-refractivity contribution >= 4 is 34.5 Å². The highest BCUT2D eigenvalue weighted by Gasteiger charge is 2.20. The maximum atomic E-state index is 12.8. The van der Waals surface area contributed by atoms with E-state index in [0.717, 1.165) is 40.6 Å². The lowest BCUT2D eigenvalue weighted by molar-refractivity contribution is -0.113. The van der Waals surface area contributed by atoms with E-state index >= 15 is 0 Å². The number of aryl methyl sites for hydroxylation is 4. The summed E-state index contributed by atoms with van der Waals surface area (Å²) in [5.41, 5.74) is 3.03. The van der Waals surface area contributed by atoms with Crippen LogP contribution < -0.4 is 16.6 Å². The number of nitrogens with one attached hydrogen (secondary N) is 1. The van der Waals surface area contributed by atoms with E-state index in [1.54, 1.807) is 7.05 Å². The molecule has 0 saturated heterocycles. The van der Waals surface area contributed by atoms with Gasteiger partial charge in [0.15, 0.2) is 16.3 Å². The second-order valence-electron chi connectivity index (χ2n) is 7.42. The largest absolute Gasteiger partial charge is 0.332 e. The number of carbonyl (C=O) groups is 1. The summed E-state index contributed by atoms with van der Waals surface area (Å²) in [5.74, 6) is 0.0279. The van der Waals surface area contributed by atoms with Crippen molar-refractivity contribution in [3.8, 4) is 0 Å². The molecule has 0 aliphatic rings. The highest BCUT2D eigenvalue weighted by molar-refractivity contribution is 7.99. The third-order valence-electron chi connectivity index (χ3n) is 5.36. The maximum absolute atomic E-state index is 12.8. The minimum absolute atomic E-state index is 0.127. The van der Waals surface area contributed by atoms with Gasteiger partial charge in [-0.15, -0.1) is 0 Å². The molecule has 3 aromatic rings. The van der Waals surface area contributed by atoms with Crippen molar-refractivity contribution in [2.24, 2.45) is 14.1 Å². The molecule has 166 valence electrons. The van der Waals surface area contributed by atoms with Gasteiger partial charge in [-0.3, -0.25) is 18.7 Å². The number of benzene rings is 1. The fourth-order valence-electron chi connectivity index (χ4n) is 3.68.